The van der Waals surface area contributed by atoms with E-state index in [-0.39, 0.29) is 5.91 Å². The van der Waals surface area contributed by atoms with Crippen molar-refractivity contribution in [3.63, 3.8) is 0 Å². The number of rotatable bonds is 1. The first-order chi connectivity index (χ1) is 9.58. The van der Waals surface area contributed by atoms with E-state index in [1.807, 2.05) is 12.2 Å². The van der Waals surface area contributed by atoms with Crippen molar-refractivity contribution in [3.05, 3.63) is 35.6 Å². The normalized spacial score (nSPS) is 29.4. The Kier molecular flexibility index (Phi) is 2.75. The number of piperidine rings is 1. The zero-order chi connectivity index (χ0) is 14.3. The van der Waals surface area contributed by atoms with Crippen LogP contribution in [0.1, 0.15) is 25.7 Å². The number of nitrogens with zero attached hydrogens (tertiary/aromatic N) is 2. The van der Waals surface area contributed by atoms with E-state index in [9.17, 15) is 14.9 Å². The Morgan fingerprint density at radius 3 is 2.75 bits per heavy atom. The second kappa shape index (κ2) is 4.34. The highest BCUT2D eigenvalue weighted by Gasteiger charge is 2.52. The minimum Gasteiger partial charge on any atom is -0.327 e. The topological polar surface area (TPSA) is 73.2 Å². The molecule has 2 amide bonds. The van der Waals surface area contributed by atoms with Crippen molar-refractivity contribution < 1.29 is 9.59 Å². The zero-order valence-electron chi connectivity index (χ0n) is 11.1. The van der Waals surface area contributed by atoms with Crippen molar-refractivity contribution in [2.75, 3.05) is 6.54 Å². The van der Waals surface area contributed by atoms with Crippen molar-refractivity contribution >= 4 is 11.8 Å². The minimum absolute atomic E-state index is 0.208. The molecule has 0 spiro atoms. The van der Waals surface area contributed by atoms with E-state index in [1.165, 1.54) is 4.90 Å². The van der Waals surface area contributed by atoms with Crippen molar-refractivity contribution in [2.24, 2.45) is 0 Å². The van der Waals surface area contributed by atoms with Crippen LogP contribution in [0.2, 0.25) is 0 Å². The number of hydrogen-bond donors (Lipinski definition) is 1. The maximum Gasteiger partial charge on any atom is 0.264 e. The maximum absolute atomic E-state index is 12.5. The van der Waals surface area contributed by atoms with Crippen molar-refractivity contribution in [1.29, 1.82) is 5.26 Å². The van der Waals surface area contributed by atoms with Gasteiger partial charge in [0.2, 0.25) is 5.54 Å². The molecule has 20 heavy (non-hydrogen) atoms. The first-order valence-corrected chi connectivity index (χ1v) is 6.70. The van der Waals surface area contributed by atoms with Gasteiger partial charge in [-0.3, -0.25) is 9.59 Å². The maximum atomic E-state index is 12.5. The number of carbonyl (C=O) groups is 2. The van der Waals surface area contributed by atoms with Gasteiger partial charge < -0.3 is 10.2 Å². The fourth-order valence-corrected chi connectivity index (χ4v) is 2.99. The molecular formula is C15H15N3O2. The second-order valence-electron chi connectivity index (χ2n) is 5.35. The van der Waals surface area contributed by atoms with E-state index in [0.717, 1.165) is 18.4 Å². The summed E-state index contributed by atoms with van der Waals surface area (Å²) in [6, 6.07) is 2.07. The molecule has 3 aliphatic rings. The van der Waals surface area contributed by atoms with E-state index in [1.54, 1.807) is 0 Å². The van der Waals surface area contributed by atoms with Gasteiger partial charge in [-0.15, -0.1) is 0 Å². The number of likely N-dealkylation sites (tertiary alicyclic amines) is 1. The monoisotopic (exact) mass is 269 g/mol. The molecule has 2 aliphatic heterocycles. The van der Waals surface area contributed by atoms with E-state index in [4.69, 9.17) is 0 Å². The average molecular weight is 269 g/mol. The molecule has 0 aromatic rings. The number of hydrogen-bond acceptors (Lipinski definition) is 3. The van der Waals surface area contributed by atoms with Crippen molar-refractivity contribution in [1.82, 2.24) is 10.2 Å². The van der Waals surface area contributed by atoms with Gasteiger partial charge in [0.15, 0.2) is 0 Å². The molecule has 2 fully saturated rings. The first kappa shape index (κ1) is 12.7. The van der Waals surface area contributed by atoms with Crippen LogP contribution >= 0.6 is 0 Å². The Hall–Kier alpha value is -2.35. The van der Waals surface area contributed by atoms with Crippen LogP contribution in [0, 0.1) is 11.3 Å². The SMILES string of the molecule is C=C1CC[C@@](C#N)(N2CC3=CCCC=C3C2=O)C(=O)N1. The van der Waals surface area contributed by atoms with Crippen LogP contribution in [-0.2, 0) is 9.59 Å². The molecule has 0 unspecified atom stereocenters. The molecule has 3 rings (SSSR count). The molecule has 2 saturated heterocycles. The lowest BCUT2D eigenvalue weighted by Gasteiger charge is -2.37. The van der Waals surface area contributed by atoms with Crippen LogP contribution in [0.25, 0.3) is 0 Å². The molecule has 0 aromatic carbocycles. The summed E-state index contributed by atoms with van der Waals surface area (Å²) >= 11 is 0. The fraction of sp³-hybridized carbons (Fsp3) is 0.400. The van der Waals surface area contributed by atoms with E-state index in [2.05, 4.69) is 18.0 Å². The second-order valence-corrected chi connectivity index (χ2v) is 5.35. The lowest BCUT2D eigenvalue weighted by atomic mass is 9.87. The van der Waals surface area contributed by atoms with Gasteiger partial charge in [-0.1, -0.05) is 18.7 Å². The zero-order valence-corrected chi connectivity index (χ0v) is 11.1. The summed E-state index contributed by atoms with van der Waals surface area (Å²) in [5.41, 5.74) is 0.789. The van der Waals surface area contributed by atoms with Crippen LogP contribution in [0.4, 0.5) is 0 Å². The van der Waals surface area contributed by atoms with Gasteiger partial charge in [-0.25, -0.2) is 0 Å². The van der Waals surface area contributed by atoms with Gasteiger partial charge >= 0.3 is 0 Å². The van der Waals surface area contributed by atoms with Gasteiger partial charge in [-0.05, 0) is 31.3 Å². The third-order valence-electron chi connectivity index (χ3n) is 4.16. The number of amides is 2. The lowest BCUT2D eigenvalue weighted by Crippen LogP contribution is -2.60. The summed E-state index contributed by atoms with van der Waals surface area (Å²) in [5, 5.41) is 12.1. The van der Waals surface area contributed by atoms with Gasteiger partial charge in [0.05, 0.1) is 0 Å². The Morgan fingerprint density at radius 2 is 2.10 bits per heavy atom. The van der Waals surface area contributed by atoms with Crippen LogP contribution in [0.3, 0.4) is 0 Å². The van der Waals surface area contributed by atoms with Gasteiger partial charge in [0.1, 0.15) is 6.07 Å². The summed E-state index contributed by atoms with van der Waals surface area (Å²) in [5.74, 6) is -0.649. The first-order valence-electron chi connectivity index (χ1n) is 6.70. The molecule has 2 heterocycles. The molecule has 0 saturated carbocycles. The molecule has 0 bridgehead atoms. The number of carbonyl (C=O) groups excluding carboxylic acids is 2. The Morgan fingerprint density at radius 1 is 1.35 bits per heavy atom. The molecule has 0 aromatic heterocycles. The predicted molar refractivity (Wildman–Crippen MR) is 72.0 cm³/mol. The molecule has 1 atom stereocenters. The van der Waals surface area contributed by atoms with Gasteiger partial charge in [0.25, 0.3) is 11.8 Å². The highest BCUT2D eigenvalue weighted by atomic mass is 16.2. The summed E-state index contributed by atoms with van der Waals surface area (Å²) < 4.78 is 0. The number of allylic oxidation sites excluding steroid dienone is 3. The molecule has 1 aliphatic carbocycles. The summed E-state index contributed by atoms with van der Waals surface area (Å²) in [4.78, 5) is 26.2. The van der Waals surface area contributed by atoms with E-state index < -0.39 is 11.4 Å². The van der Waals surface area contributed by atoms with Crippen LogP contribution in [0.15, 0.2) is 35.6 Å². The van der Waals surface area contributed by atoms with Crippen LogP contribution in [0.5, 0.6) is 0 Å². The Bertz CT molecular complexity index is 624. The van der Waals surface area contributed by atoms with Crippen molar-refractivity contribution in [3.8, 4) is 6.07 Å². The van der Waals surface area contributed by atoms with E-state index in [0.29, 0.717) is 30.7 Å². The van der Waals surface area contributed by atoms with Gasteiger partial charge in [-0.2, -0.15) is 5.26 Å². The molecule has 0 radical (unpaired) electrons. The summed E-state index contributed by atoms with van der Waals surface area (Å²) in [6.45, 7) is 4.06. The Balaban J connectivity index is 1.99. The predicted octanol–water partition coefficient (Wildman–Crippen LogP) is 1.16. The van der Waals surface area contributed by atoms with Gasteiger partial charge in [0, 0.05) is 17.8 Å². The van der Waals surface area contributed by atoms with Crippen molar-refractivity contribution in [2.45, 2.75) is 31.2 Å². The summed E-state index contributed by atoms with van der Waals surface area (Å²) in [7, 11) is 0. The van der Waals surface area contributed by atoms with Crippen LogP contribution < -0.4 is 5.32 Å². The third-order valence-corrected chi connectivity index (χ3v) is 4.16. The highest BCUT2D eigenvalue weighted by molar-refractivity contribution is 6.06. The van der Waals surface area contributed by atoms with E-state index >= 15 is 0 Å². The smallest absolute Gasteiger partial charge is 0.264 e. The molecule has 5 nitrogen and oxygen atoms in total. The average Bonchev–Trinajstić information content (AvgIpc) is 2.78. The highest BCUT2D eigenvalue weighted by Crippen LogP contribution is 2.36. The number of nitrogens with one attached hydrogen (secondary N) is 1. The number of fused-ring (bicyclic) bond motifs is 1. The summed E-state index contributed by atoms with van der Waals surface area (Å²) in [6.07, 6.45) is 6.49. The number of nitriles is 1. The minimum atomic E-state index is -1.41. The molecular weight excluding hydrogens is 254 g/mol. The Labute approximate surface area is 117 Å². The lowest BCUT2D eigenvalue weighted by molar-refractivity contribution is -0.140. The van der Waals surface area contributed by atoms with Crippen LogP contribution in [-0.4, -0.2) is 28.8 Å². The standard InChI is InChI=1S/C15H15N3O2/c1-10-6-7-15(9-16,14(20)17-10)18-8-11-4-2-3-5-12(11)13(18)19/h4-5H,1-3,6-8H2,(H,17,20)/t15-/m0/s1. The molecule has 102 valence electrons. The fourth-order valence-electron chi connectivity index (χ4n) is 2.99. The molecule has 5 heteroatoms. The quantitative estimate of drug-likeness (QED) is 0.776. The third kappa shape index (κ3) is 1.61. The largest absolute Gasteiger partial charge is 0.327 e. The molecule has 1 N–H and O–H groups in total.